The summed E-state index contributed by atoms with van der Waals surface area (Å²) in [6.45, 7) is 2.36. The van der Waals surface area contributed by atoms with Crippen molar-refractivity contribution >= 4 is 5.91 Å². The molecule has 0 spiro atoms. The van der Waals surface area contributed by atoms with Crippen LogP contribution in [0.2, 0.25) is 0 Å². The van der Waals surface area contributed by atoms with E-state index in [2.05, 4.69) is 0 Å². The predicted octanol–water partition coefficient (Wildman–Crippen LogP) is 0.768. The van der Waals surface area contributed by atoms with Crippen molar-refractivity contribution in [3.05, 3.63) is 0 Å². The fourth-order valence-corrected chi connectivity index (χ4v) is 0.612. The summed E-state index contributed by atoms with van der Waals surface area (Å²) >= 11 is 0. The van der Waals surface area contributed by atoms with Gasteiger partial charge < -0.3 is 4.90 Å². The first kappa shape index (κ1) is 8.96. The van der Waals surface area contributed by atoms with Crippen LogP contribution in [0.25, 0.3) is 0 Å². The minimum absolute atomic E-state index is 0.0928. The summed E-state index contributed by atoms with van der Waals surface area (Å²) in [5.41, 5.74) is 0. The molecule has 0 aliphatic carbocycles. The minimum atomic E-state index is 0.0928. The van der Waals surface area contributed by atoms with Gasteiger partial charge in [-0.2, -0.15) is 5.26 Å². The summed E-state index contributed by atoms with van der Waals surface area (Å²) in [7, 11) is 1.71. The second-order valence-corrected chi connectivity index (χ2v) is 2.08. The van der Waals surface area contributed by atoms with E-state index in [1.165, 1.54) is 0 Å². The zero-order valence-corrected chi connectivity index (χ0v) is 6.42. The molecule has 0 fully saturated rings. The maximum absolute atomic E-state index is 10.8. The first-order valence-corrected chi connectivity index (χ1v) is 3.33. The number of nitrogens with zero attached hydrogens (tertiary/aromatic N) is 2. The lowest BCUT2D eigenvalue weighted by molar-refractivity contribution is -0.129. The van der Waals surface area contributed by atoms with Crippen molar-refractivity contribution in [2.75, 3.05) is 13.6 Å². The standard InChI is InChI=1S/C7H12N2O/c1-3-7(10)9(2)6-4-5-8/h3-4,6H2,1-2H3. The summed E-state index contributed by atoms with van der Waals surface area (Å²) in [5, 5.41) is 8.18. The summed E-state index contributed by atoms with van der Waals surface area (Å²) in [4.78, 5) is 12.4. The zero-order valence-electron chi connectivity index (χ0n) is 6.42. The van der Waals surface area contributed by atoms with E-state index >= 15 is 0 Å². The molecule has 0 N–H and O–H groups in total. The highest BCUT2D eigenvalue weighted by Crippen LogP contribution is 1.90. The van der Waals surface area contributed by atoms with Crippen molar-refractivity contribution in [3.63, 3.8) is 0 Å². The number of rotatable bonds is 3. The van der Waals surface area contributed by atoms with Crippen molar-refractivity contribution in [3.8, 4) is 6.07 Å². The Labute approximate surface area is 61.2 Å². The Kier molecular flexibility index (Phi) is 4.30. The summed E-state index contributed by atoms with van der Waals surface area (Å²) in [5.74, 6) is 0.0928. The Morgan fingerprint density at radius 1 is 1.70 bits per heavy atom. The molecule has 0 heterocycles. The Bertz CT molecular complexity index is 148. The first-order chi connectivity index (χ1) is 4.72. The lowest BCUT2D eigenvalue weighted by Crippen LogP contribution is -2.26. The van der Waals surface area contributed by atoms with Gasteiger partial charge in [-0.1, -0.05) is 6.92 Å². The highest BCUT2D eigenvalue weighted by molar-refractivity contribution is 5.75. The van der Waals surface area contributed by atoms with Crippen LogP contribution >= 0.6 is 0 Å². The van der Waals surface area contributed by atoms with Crippen molar-refractivity contribution in [1.29, 1.82) is 5.26 Å². The second-order valence-electron chi connectivity index (χ2n) is 2.08. The highest BCUT2D eigenvalue weighted by atomic mass is 16.2. The third-order valence-electron chi connectivity index (χ3n) is 1.29. The molecule has 0 aliphatic heterocycles. The molecule has 0 bridgehead atoms. The molecule has 0 saturated heterocycles. The molecule has 0 atom stereocenters. The highest BCUT2D eigenvalue weighted by Gasteiger charge is 2.02. The predicted molar refractivity (Wildman–Crippen MR) is 38.2 cm³/mol. The molecule has 3 nitrogen and oxygen atoms in total. The van der Waals surface area contributed by atoms with Crippen LogP contribution in [0.5, 0.6) is 0 Å². The monoisotopic (exact) mass is 140 g/mol. The van der Waals surface area contributed by atoms with Gasteiger partial charge in [0.2, 0.25) is 5.91 Å². The molecule has 0 aliphatic rings. The molecule has 56 valence electrons. The van der Waals surface area contributed by atoms with Gasteiger partial charge in [-0.3, -0.25) is 4.79 Å². The number of nitriles is 1. The number of hydrogen-bond donors (Lipinski definition) is 0. The maximum atomic E-state index is 10.8. The van der Waals surface area contributed by atoms with Crippen LogP contribution in [-0.2, 0) is 4.79 Å². The molecule has 3 heteroatoms. The van der Waals surface area contributed by atoms with Crippen LogP contribution in [0.15, 0.2) is 0 Å². The summed E-state index contributed by atoms with van der Waals surface area (Å²) in [6, 6.07) is 1.98. The van der Waals surface area contributed by atoms with E-state index < -0.39 is 0 Å². The average Bonchev–Trinajstić information content (AvgIpc) is 1.98. The Hall–Kier alpha value is -1.04. The fraction of sp³-hybridized carbons (Fsp3) is 0.714. The van der Waals surface area contributed by atoms with Gasteiger partial charge in [-0.05, 0) is 0 Å². The van der Waals surface area contributed by atoms with Gasteiger partial charge in [0, 0.05) is 20.0 Å². The molecule has 0 aromatic heterocycles. The van der Waals surface area contributed by atoms with Crippen LogP contribution in [-0.4, -0.2) is 24.4 Å². The van der Waals surface area contributed by atoms with Gasteiger partial charge in [-0.25, -0.2) is 0 Å². The molecular formula is C7H12N2O. The number of carbonyl (C=O) groups is 1. The Morgan fingerprint density at radius 2 is 2.30 bits per heavy atom. The minimum Gasteiger partial charge on any atom is -0.345 e. The average molecular weight is 140 g/mol. The number of hydrogen-bond acceptors (Lipinski definition) is 2. The zero-order chi connectivity index (χ0) is 7.98. The molecule has 0 rings (SSSR count). The summed E-state index contributed by atoms with van der Waals surface area (Å²) < 4.78 is 0. The van der Waals surface area contributed by atoms with E-state index in [1.54, 1.807) is 11.9 Å². The molecule has 10 heavy (non-hydrogen) atoms. The molecule has 1 amide bonds. The van der Waals surface area contributed by atoms with Crippen LogP contribution < -0.4 is 0 Å². The molecule has 0 aromatic carbocycles. The third kappa shape index (κ3) is 3.08. The topological polar surface area (TPSA) is 44.1 Å². The maximum Gasteiger partial charge on any atom is 0.222 e. The van der Waals surface area contributed by atoms with Crippen molar-refractivity contribution in [2.24, 2.45) is 0 Å². The van der Waals surface area contributed by atoms with Crippen LogP contribution in [0.3, 0.4) is 0 Å². The van der Waals surface area contributed by atoms with Gasteiger partial charge in [0.25, 0.3) is 0 Å². The van der Waals surface area contributed by atoms with Crippen molar-refractivity contribution in [2.45, 2.75) is 19.8 Å². The van der Waals surface area contributed by atoms with E-state index in [4.69, 9.17) is 5.26 Å². The second kappa shape index (κ2) is 4.80. The van der Waals surface area contributed by atoms with Gasteiger partial charge in [0.05, 0.1) is 12.5 Å². The number of amides is 1. The largest absolute Gasteiger partial charge is 0.345 e. The van der Waals surface area contributed by atoms with Crippen molar-refractivity contribution in [1.82, 2.24) is 4.90 Å². The quantitative estimate of drug-likeness (QED) is 0.581. The van der Waals surface area contributed by atoms with Crippen molar-refractivity contribution < 1.29 is 4.79 Å². The molecular weight excluding hydrogens is 128 g/mol. The van der Waals surface area contributed by atoms with E-state index in [0.29, 0.717) is 19.4 Å². The molecule has 0 saturated carbocycles. The molecule has 0 radical (unpaired) electrons. The molecule has 0 unspecified atom stereocenters. The lowest BCUT2D eigenvalue weighted by Gasteiger charge is -2.13. The van der Waals surface area contributed by atoms with Gasteiger partial charge >= 0.3 is 0 Å². The molecule has 0 aromatic rings. The lowest BCUT2D eigenvalue weighted by atomic mass is 10.4. The van der Waals surface area contributed by atoms with E-state index in [9.17, 15) is 4.79 Å². The fourth-order valence-electron chi connectivity index (χ4n) is 0.612. The van der Waals surface area contributed by atoms with Crippen LogP contribution in [0, 0.1) is 11.3 Å². The van der Waals surface area contributed by atoms with E-state index in [1.807, 2.05) is 13.0 Å². The number of carbonyl (C=O) groups excluding carboxylic acids is 1. The first-order valence-electron chi connectivity index (χ1n) is 3.33. The summed E-state index contributed by atoms with van der Waals surface area (Å²) in [6.07, 6.45) is 0.935. The Morgan fingerprint density at radius 3 is 2.70 bits per heavy atom. The van der Waals surface area contributed by atoms with E-state index in [-0.39, 0.29) is 5.91 Å². The Balaban J connectivity index is 3.53. The normalized spacial score (nSPS) is 8.50. The smallest absolute Gasteiger partial charge is 0.222 e. The SMILES string of the molecule is CCC(=O)N(C)CCC#N. The van der Waals surface area contributed by atoms with Gasteiger partial charge in [0.15, 0.2) is 0 Å². The van der Waals surface area contributed by atoms with Crippen LogP contribution in [0.4, 0.5) is 0 Å². The van der Waals surface area contributed by atoms with E-state index in [0.717, 1.165) is 0 Å². The third-order valence-corrected chi connectivity index (χ3v) is 1.29. The van der Waals surface area contributed by atoms with Gasteiger partial charge in [-0.15, -0.1) is 0 Å². The van der Waals surface area contributed by atoms with Gasteiger partial charge in [0.1, 0.15) is 0 Å². The van der Waals surface area contributed by atoms with Crippen LogP contribution in [0.1, 0.15) is 19.8 Å².